The van der Waals surface area contributed by atoms with Gasteiger partial charge >= 0.3 is 6.18 Å². The van der Waals surface area contributed by atoms with Crippen molar-refractivity contribution in [2.75, 3.05) is 32.8 Å². The van der Waals surface area contributed by atoms with Gasteiger partial charge in [0.2, 0.25) is 5.90 Å². The minimum Gasteiger partial charge on any atom is -0.438 e. The molecule has 1 atom stereocenters. The van der Waals surface area contributed by atoms with Crippen molar-refractivity contribution in [1.29, 1.82) is 0 Å². The number of ketones is 2. The number of aliphatic imine (C=N–C) groups is 1. The molecule has 2 aromatic rings. The third kappa shape index (κ3) is 12.0. The van der Waals surface area contributed by atoms with Crippen LogP contribution in [0.4, 0.5) is 13.2 Å². The van der Waals surface area contributed by atoms with E-state index in [0.29, 0.717) is 47.6 Å². The summed E-state index contributed by atoms with van der Waals surface area (Å²) >= 11 is 0. The van der Waals surface area contributed by atoms with Crippen LogP contribution in [-0.4, -0.2) is 61.4 Å². The summed E-state index contributed by atoms with van der Waals surface area (Å²) in [6, 6.07) is 10.5. The number of Topliss-reactive ketones (excluding diaryl/α,β-unsaturated/α-hetero) is 2. The Bertz CT molecular complexity index is 1760. The monoisotopic (exact) mass is 732 g/mol. The highest BCUT2D eigenvalue weighted by atomic mass is 19.4. The number of ether oxygens (including phenoxy) is 2. The first kappa shape index (κ1) is 41.7. The van der Waals surface area contributed by atoms with Crippen molar-refractivity contribution in [2.45, 2.75) is 92.7 Å². The maximum Gasteiger partial charge on any atom is 0.421 e. The molecule has 1 fully saturated rings. The summed E-state index contributed by atoms with van der Waals surface area (Å²) in [4.78, 5) is 33.0. The first-order chi connectivity index (χ1) is 25.2. The molecule has 1 saturated heterocycles. The molecule has 0 amide bonds. The Morgan fingerprint density at radius 3 is 2.45 bits per heavy atom. The van der Waals surface area contributed by atoms with Gasteiger partial charge in [-0.15, -0.1) is 0 Å². The van der Waals surface area contributed by atoms with Gasteiger partial charge in [-0.1, -0.05) is 68.5 Å². The van der Waals surface area contributed by atoms with Crippen molar-refractivity contribution in [2.24, 2.45) is 16.8 Å². The van der Waals surface area contributed by atoms with E-state index in [4.69, 9.17) is 9.47 Å². The summed E-state index contributed by atoms with van der Waals surface area (Å²) in [5.74, 6) is -0.955. The number of carbonyl (C=O) groups excluding carboxylic acids is 2. The molecular formula is C44H55F3N2O4. The van der Waals surface area contributed by atoms with Crippen molar-refractivity contribution >= 4 is 17.5 Å². The molecule has 0 bridgehead atoms. The predicted molar refractivity (Wildman–Crippen MR) is 207 cm³/mol. The molecule has 1 unspecified atom stereocenters. The highest BCUT2D eigenvalue weighted by Gasteiger charge is 2.40. The van der Waals surface area contributed by atoms with Gasteiger partial charge in [0.25, 0.3) is 0 Å². The summed E-state index contributed by atoms with van der Waals surface area (Å²) in [7, 11) is 0. The van der Waals surface area contributed by atoms with E-state index in [0.717, 1.165) is 74.9 Å². The molecule has 286 valence electrons. The third-order valence-corrected chi connectivity index (χ3v) is 10.0. The topological polar surface area (TPSA) is 68.2 Å². The Morgan fingerprint density at radius 2 is 1.81 bits per heavy atom. The van der Waals surface area contributed by atoms with E-state index < -0.39 is 23.6 Å². The van der Waals surface area contributed by atoms with E-state index >= 15 is 0 Å². The van der Waals surface area contributed by atoms with Crippen LogP contribution in [0.5, 0.6) is 5.75 Å². The molecule has 2 heterocycles. The van der Waals surface area contributed by atoms with Crippen molar-refractivity contribution in [3.05, 3.63) is 111 Å². The van der Waals surface area contributed by atoms with E-state index in [1.165, 1.54) is 13.0 Å². The van der Waals surface area contributed by atoms with Gasteiger partial charge in [-0.05, 0) is 132 Å². The van der Waals surface area contributed by atoms with Gasteiger partial charge in [0.1, 0.15) is 11.3 Å². The third-order valence-electron chi connectivity index (χ3n) is 10.0. The maximum atomic E-state index is 14.4. The van der Waals surface area contributed by atoms with E-state index in [-0.39, 0.29) is 29.3 Å². The molecule has 0 spiro atoms. The van der Waals surface area contributed by atoms with E-state index in [1.807, 2.05) is 45.1 Å². The zero-order valence-corrected chi connectivity index (χ0v) is 32.2. The maximum absolute atomic E-state index is 14.4. The molecule has 2 aliphatic heterocycles. The largest absolute Gasteiger partial charge is 0.438 e. The van der Waals surface area contributed by atoms with Crippen LogP contribution in [0.3, 0.4) is 0 Å². The normalized spacial score (nSPS) is 18.4. The quantitative estimate of drug-likeness (QED) is 0.0789. The Balaban J connectivity index is 1.49. The second-order valence-electron chi connectivity index (χ2n) is 14.5. The molecule has 9 heteroatoms. The van der Waals surface area contributed by atoms with Gasteiger partial charge in [0.15, 0.2) is 11.6 Å². The predicted octanol–water partition coefficient (Wildman–Crippen LogP) is 10.4. The molecule has 0 N–H and O–H groups in total. The van der Waals surface area contributed by atoms with Crippen molar-refractivity contribution in [3.63, 3.8) is 0 Å². The van der Waals surface area contributed by atoms with Crippen molar-refractivity contribution < 1.29 is 32.2 Å². The van der Waals surface area contributed by atoms with Gasteiger partial charge in [-0.3, -0.25) is 9.59 Å². The van der Waals surface area contributed by atoms with E-state index in [2.05, 4.69) is 23.4 Å². The standard InChI is InChI=1S/C44H55F3N2O4/c1-8-22-52-23-21-49-19-17-34(18-20-49)27-32(6)42(51)37-14-13-35(31(5)28-37)15-16-38-25-30(4)26-39(44(45,46)47)43(48-38)53-40-12-10-11-36(24-29(3)9-2)41(40)33(7)50/h9-14,16,26,28,30,34H,6,8,15,17-25,27H2,1-5,7H3/b29-9?,38-16+. The molecule has 4 rings (SSSR count). The van der Waals surface area contributed by atoms with Gasteiger partial charge in [0.05, 0.1) is 12.2 Å². The summed E-state index contributed by atoms with van der Waals surface area (Å²) < 4.78 is 54.9. The number of aryl methyl sites for hydroxylation is 1. The molecule has 0 aliphatic carbocycles. The second-order valence-corrected chi connectivity index (χ2v) is 14.5. The molecule has 53 heavy (non-hydrogen) atoms. The van der Waals surface area contributed by atoms with Crippen LogP contribution in [0, 0.1) is 18.8 Å². The summed E-state index contributed by atoms with van der Waals surface area (Å²) in [6.45, 7) is 19.6. The minimum absolute atomic E-state index is 0.0396. The minimum atomic E-state index is -4.72. The fourth-order valence-electron chi connectivity index (χ4n) is 6.91. The number of hydrogen-bond acceptors (Lipinski definition) is 6. The molecule has 6 nitrogen and oxygen atoms in total. The Kier molecular flexibility index (Phi) is 15.2. The van der Waals surface area contributed by atoms with Crippen LogP contribution in [-0.2, 0) is 17.6 Å². The van der Waals surface area contributed by atoms with Crippen molar-refractivity contribution in [1.82, 2.24) is 4.90 Å². The fourth-order valence-corrected chi connectivity index (χ4v) is 6.91. The average Bonchev–Trinajstić information content (AvgIpc) is 3.27. The summed E-state index contributed by atoms with van der Waals surface area (Å²) in [6.07, 6.45) is 5.06. The van der Waals surface area contributed by atoms with E-state index in [1.54, 1.807) is 25.1 Å². The Morgan fingerprint density at radius 1 is 1.08 bits per heavy atom. The number of allylic oxidation sites excluding steroid dienone is 6. The number of rotatable bonds is 15. The Labute approximate surface area is 313 Å². The van der Waals surface area contributed by atoms with Gasteiger partial charge < -0.3 is 14.4 Å². The zero-order valence-electron chi connectivity index (χ0n) is 32.2. The number of piperidine rings is 1. The molecule has 2 aromatic carbocycles. The molecule has 0 saturated carbocycles. The fraction of sp³-hybridized carbons (Fsp3) is 0.477. The zero-order chi connectivity index (χ0) is 38.7. The van der Waals surface area contributed by atoms with E-state index in [9.17, 15) is 22.8 Å². The lowest BCUT2D eigenvalue weighted by molar-refractivity contribution is -0.0875. The summed E-state index contributed by atoms with van der Waals surface area (Å²) in [5.41, 5.74) is 4.42. The molecular weight excluding hydrogens is 677 g/mol. The number of carbonyl (C=O) groups is 2. The van der Waals surface area contributed by atoms with Crippen molar-refractivity contribution in [3.8, 4) is 5.75 Å². The molecule has 0 radical (unpaired) electrons. The van der Waals surface area contributed by atoms with Crippen LogP contribution in [0.15, 0.2) is 88.6 Å². The number of alkyl halides is 3. The lowest BCUT2D eigenvalue weighted by Crippen LogP contribution is -2.36. The highest BCUT2D eigenvalue weighted by molar-refractivity contribution is 6.08. The number of benzene rings is 2. The van der Waals surface area contributed by atoms with Crippen LogP contribution in [0.2, 0.25) is 0 Å². The number of likely N-dealkylation sites (tertiary alicyclic amines) is 1. The van der Waals surface area contributed by atoms with Crippen LogP contribution >= 0.6 is 0 Å². The van der Waals surface area contributed by atoms with Crippen LogP contribution in [0.25, 0.3) is 0 Å². The van der Waals surface area contributed by atoms with Crippen LogP contribution < -0.4 is 4.74 Å². The average molecular weight is 733 g/mol. The lowest BCUT2D eigenvalue weighted by Gasteiger charge is -2.32. The highest BCUT2D eigenvalue weighted by Crippen LogP contribution is 2.35. The first-order valence-electron chi connectivity index (χ1n) is 18.8. The number of halogens is 3. The first-order valence-corrected chi connectivity index (χ1v) is 18.8. The molecule has 2 aliphatic rings. The summed E-state index contributed by atoms with van der Waals surface area (Å²) in [5, 5.41) is 0. The van der Waals surface area contributed by atoms with Gasteiger partial charge in [-0.25, -0.2) is 4.99 Å². The number of nitrogens with zero attached hydrogens (tertiary/aromatic N) is 2. The van der Waals surface area contributed by atoms with Gasteiger partial charge in [-0.2, -0.15) is 13.2 Å². The Hall–Kier alpha value is -4.08. The number of hydrogen-bond donors (Lipinski definition) is 0. The second kappa shape index (κ2) is 19.3. The molecule has 0 aromatic heterocycles. The van der Waals surface area contributed by atoms with Gasteiger partial charge in [0, 0.05) is 24.4 Å². The SMILES string of the molecule is C=C(CC1CCN(CCOCCC)CC1)C(=O)c1ccc(C/C=C2\CC(C)C=C(C(F)(F)F)C(Oc3cccc(CC(C)=CC)c3C(C)=O)=N2)c(C)c1. The van der Waals surface area contributed by atoms with Crippen LogP contribution in [0.1, 0.15) is 104 Å². The lowest BCUT2D eigenvalue weighted by atomic mass is 9.87. The smallest absolute Gasteiger partial charge is 0.421 e.